The molecular weight excluding hydrogens is 342 g/mol. The van der Waals surface area contributed by atoms with Crippen molar-refractivity contribution in [3.63, 3.8) is 0 Å². The molecular formula is C21H29N3O3. The minimum absolute atomic E-state index is 0.0968. The molecule has 1 heterocycles. The highest BCUT2D eigenvalue weighted by molar-refractivity contribution is 5.92. The number of carbonyl (C=O) groups is 2. The highest BCUT2D eigenvalue weighted by Gasteiger charge is 2.15. The number of nitrogens with zero attached hydrogens (tertiary/aromatic N) is 2. The van der Waals surface area contributed by atoms with Gasteiger partial charge in [-0.25, -0.2) is 4.98 Å². The molecule has 0 saturated heterocycles. The molecule has 0 bridgehead atoms. The fourth-order valence-electron chi connectivity index (χ4n) is 2.86. The molecule has 0 aliphatic carbocycles. The Morgan fingerprint density at radius 3 is 2.67 bits per heavy atom. The molecule has 0 spiro atoms. The van der Waals surface area contributed by atoms with Crippen molar-refractivity contribution in [3.05, 3.63) is 42.2 Å². The number of unbranched alkanes of at least 4 members (excludes halogenated alkanes) is 2. The largest absolute Gasteiger partial charge is 0.462 e. The summed E-state index contributed by atoms with van der Waals surface area (Å²) < 4.78 is 7.24. The molecule has 0 atom stereocenters. The zero-order valence-electron chi connectivity index (χ0n) is 16.5. The van der Waals surface area contributed by atoms with Gasteiger partial charge in [-0.2, -0.15) is 0 Å². The van der Waals surface area contributed by atoms with Crippen LogP contribution >= 0.6 is 0 Å². The van der Waals surface area contributed by atoms with Crippen LogP contribution in [0.4, 0.5) is 0 Å². The molecule has 1 amide bonds. The topological polar surface area (TPSA) is 73.2 Å². The lowest BCUT2D eigenvalue weighted by Crippen LogP contribution is -2.24. The molecule has 0 fully saturated rings. The van der Waals surface area contributed by atoms with Crippen LogP contribution in [0.15, 0.2) is 36.4 Å². The number of ether oxygens (including phenoxy) is 1. The number of nitrogens with one attached hydrogen (secondary N) is 1. The van der Waals surface area contributed by atoms with Gasteiger partial charge in [-0.15, -0.1) is 0 Å². The van der Waals surface area contributed by atoms with Gasteiger partial charge < -0.3 is 14.6 Å². The standard InChI is InChI=1S/C21H29N3O3/c1-15(2)21(26)22-13-9-5-6-12-19-23-17-10-7-8-11-18(17)24(19)14-20(25)27-16(3)4/h7-8,10-11,16H,1,5-6,9,12-14H2,2-4H3,(H,22,26). The van der Waals surface area contributed by atoms with E-state index in [1.54, 1.807) is 6.92 Å². The van der Waals surface area contributed by atoms with E-state index in [-0.39, 0.29) is 24.5 Å². The first kappa shape index (κ1) is 20.7. The molecule has 0 radical (unpaired) electrons. The number of fused-ring (bicyclic) bond motifs is 1. The molecule has 1 N–H and O–H groups in total. The quantitative estimate of drug-likeness (QED) is 0.395. The predicted octanol–water partition coefficient (Wildman–Crippen LogP) is 3.39. The summed E-state index contributed by atoms with van der Waals surface area (Å²) in [6, 6.07) is 7.82. The lowest BCUT2D eigenvalue weighted by molar-refractivity contribution is -0.148. The number of aromatic nitrogens is 2. The van der Waals surface area contributed by atoms with E-state index in [1.807, 2.05) is 42.7 Å². The Labute approximate surface area is 160 Å². The number of esters is 1. The summed E-state index contributed by atoms with van der Waals surface area (Å²) in [5.41, 5.74) is 2.36. The van der Waals surface area contributed by atoms with Crippen LogP contribution in [-0.2, 0) is 27.3 Å². The zero-order chi connectivity index (χ0) is 19.8. The first-order valence-corrected chi connectivity index (χ1v) is 9.45. The van der Waals surface area contributed by atoms with E-state index in [1.165, 1.54) is 0 Å². The van der Waals surface area contributed by atoms with Crippen molar-refractivity contribution >= 4 is 22.9 Å². The fourth-order valence-corrected chi connectivity index (χ4v) is 2.86. The summed E-state index contributed by atoms with van der Waals surface area (Å²) in [4.78, 5) is 28.3. The number of hydrogen-bond donors (Lipinski definition) is 1. The van der Waals surface area contributed by atoms with Gasteiger partial charge in [0, 0.05) is 18.5 Å². The Kier molecular flexibility index (Phi) is 7.58. The van der Waals surface area contributed by atoms with Crippen LogP contribution in [0.25, 0.3) is 11.0 Å². The van der Waals surface area contributed by atoms with E-state index in [9.17, 15) is 9.59 Å². The Balaban J connectivity index is 1.94. The third-order valence-corrected chi connectivity index (χ3v) is 4.14. The Hall–Kier alpha value is -2.63. The molecule has 0 aliphatic heterocycles. The van der Waals surface area contributed by atoms with Crippen LogP contribution in [0, 0.1) is 0 Å². The van der Waals surface area contributed by atoms with Gasteiger partial charge in [0.25, 0.3) is 0 Å². The fraction of sp³-hybridized carbons (Fsp3) is 0.476. The van der Waals surface area contributed by atoms with E-state index in [2.05, 4.69) is 16.9 Å². The highest BCUT2D eigenvalue weighted by atomic mass is 16.5. The molecule has 1 aromatic carbocycles. The smallest absolute Gasteiger partial charge is 0.326 e. The Bertz CT molecular complexity index is 808. The molecule has 2 aromatic rings. The number of aryl methyl sites for hydroxylation is 1. The van der Waals surface area contributed by atoms with Crippen molar-refractivity contribution in [2.24, 2.45) is 0 Å². The Morgan fingerprint density at radius 1 is 1.22 bits per heavy atom. The summed E-state index contributed by atoms with van der Waals surface area (Å²) in [6.45, 7) is 9.82. The molecule has 27 heavy (non-hydrogen) atoms. The molecule has 0 aliphatic rings. The highest BCUT2D eigenvalue weighted by Crippen LogP contribution is 2.18. The van der Waals surface area contributed by atoms with Gasteiger partial charge in [0.15, 0.2) is 0 Å². The number of carbonyl (C=O) groups excluding carboxylic acids is 2. The SMILES string of the molecule is C=C(C)C(=O)NCCCCCc1nc2ccccc2n1CC(=O)OC(C)C. The second-order valence-corrected chi connectivity index (χ2v) is 6.99. The van der Waals surface area contributed by atoms with Crippen LogP contribution in [0.2, 0.25) is 0 Å². The number of amides is 1. The van der Waals surface area contributed by atoms with E-state index >= 15 is 0 Å². The maximum atomic E-state index is 12.1. The first-order chi connectivity index (χ1) is 12.9. The minimum Gasteiger partial charge on any atom is -0.462 e. The number of hydrogen-bond acceptors (Lipinski definition) is 4. The summed E-state index contributed by atoms with van der Waals surface area (Å²) in [6.07, 6.45) is 3.44. The second-order valence-electron chi connectivity index (χ2n) is 6.99. The van der Waals surface area contributed by atoms with Gasteiger partial charge in [0.2, 0.25) is 5.91 Å². The summed E-state index contributed by atoms with van der Waals surface area (Å²) in [5, 5.41) is 2.84. The minimum atomic E-state index is -0.253. The van der Waals surface area contributed by atoms with Crippen LogP contribution in [-0.4, -0.2) is 34.1 Å². The van der Waals surface area contributed by atoms with Gasteiger partial charge in [-0.05, 0) is 45.7 Å². The third kappa shape index (κ3) is 6.24. The van der Waals surface area contributed by atoms with E-state index < -0.39 is 0 Å². The van der Waals surface area contributed by atoms with E-state index in [4.69, 9.17) is 4.74 Å². The molecule has 6 nitrogen and oxygen atoms in total. The average Bonchev–Trinajstić information content (AvgIpc) is 2.94. The first-order valence-electron chi connectivity index (χ1n) is 9.45. The third-order valence-electron chi connectivity index (χ3n) is 4.14. The van der Waals surface area contributed by atoms with Crippen LogP contribution in [0.3, 0.4) is 0 Å². The lowest BCUT2D eigenvalue weighted by atomic mass is 10.2. The van der Waals surface area contributed by atoms with Gasteiger partial charge in [-0.3, -0.25) is 9.59 Å². The number of benzene rings is 1. The summed E-state index contributed by atoms with van der Waals surface area (Å²) in [7, 11) is 0. The van der Waals surface area contributed by atoms with Crippen LogP contribution in [0.5, 0.6) is 0 Å². The average molecular weight is 371 g/mol. The Morgan fingerprint density at radius 2 is 1.96 bits per heavy atom. The van der Waals surface area contributed by atoms with Gasteiger partial charge >= 0.3 is 5.97 Å². The molecule has 146 valence electrons. The molecule has 1 aromatic heterocycles. The van der Waals surface area contributed by atoms with Crippen molar-refractivity contribution in [1.29, 1.82) is 0 Å². The summed E-state index contributed by atoms with van der Waals surface area (Å²) in [5.74, 6) is 0.542. The second kappa shape index (κ2) is 9.90. The number of rotatable bonds is 10. The lowest BCUT2D eigenvalue weighted by Gasteiger charge is -2.11. The van der Waals surface area contributed by atoms with Crippen molar-refractivity contribution < 1.29 is 14.3 Å². The predicted molar refractivity (Wildman–Crippen MR) is 106 cm³/mol. The number of imidazole rings is 1. The van der Waals surface area contributed by atoms with Crippen LogP contribution in [0.1, 0.15) is 45.9 Å². The van der Waals surface area contributed by atoms with Gasteiger partial charge in [-0.1, -0.05) is 25.1 Å². The molecule has 0 saturated carbocycles. The van der Waals surface area contributed by atoms with Crippen LogP contribution < -0.4 is 5.32 Å². The van der Waals surface area contributed by atoms with E-state index in [0.717, 1.165) is 42.5 Å². The monoisotopic (exact) mass is 371 g/mol. The van der Waals surface area contributed by atoms with Crippen molar-refractivity contribution in [2.75, 3.05) is 6.54 Å². The maximum Gasteiger partial charge on any atom is 0.326 e. The summed E-state index contributed by atoms with van der Waals surface area (Å²) >= 11 is 0. The molecule has 2 rings (SSSR count). The van der Waals surface area contributed by atoms with Crippen molar-refractivity contribution in [1.82, 2.24) is 14.9 Å². The van der Waals surface area contributed by atoms with Gasteiger partial charge in [0.05, 0.1) is 17.1 Å². The van der Waals surface area contributed by atoms with Gasteiger partial charge in [0.1, 0.15) is 12.4 Å². The van der Waals surface area contributed by atoms with E-state index in [0.29, 0.717) is 12.1 Å². The maximum absolute atomic E-state index is 12.1. The molecule has 6 heteroatoms. The normalized spacial score (nSPS) is 11.0. The van der Waals surface area contributed by atoms with Crippen molar-refractivity contribution in [2.45, 2.75) is 59.1 Å². The zero-order valence-corrected chi connectivity index (χ0v) is 16.5. The molecule has 0 unspecified atom stereocenters. The van der Waals surface area contributed by atoms with Crippen molar-refractivity contribution in [3.8, 4) is 0 Å². The number of para-hydroxylation sites is 2.